The van der Waals surface area contributed by atoms with E-state index < -0.39 is 0 Å². The van der Waals surface area contributed by atoms with E-state index in [1.807, 2.05) is 30.8 Å². The van der Waals surface area contributed by atoms with Crippen LogP contribution >= 0.6 is 11.6 Å². The third-order valence-corrected chi connectivity index (χ3v) is 5.51. The molecule has 3 aromatic rings. The molecule has 5 rings (SSSR count). The van der Waals surface area contributed by atoms with Crippen LogP contribution < -0.4 is 0 Å². The van der Waals surface area contributed by atoms with Crippen LogP contribution in [0.15, 0.2) is 24.5 Å². The smallest absolute Gasteiger partial charge is 0.180 e. The molecule has 0 spiro atoms. The Hall–Kier alpha value is -2.31. The van der Waals surface area contributed by atoms with Crippen LogP contribution in [0.4, 0.5) is 0 Å². The van der Waals surface area contributed by atoms with E-state index >= 15 is 0 Å². The van der Waals surface area contributed by atoms with Gasteiger partial charge in [0.2, 0.25) is 0 Å². The first-order valence-corrected chi connectivity index (χ1v) is 9.64. The van der Waals surface area contributed by atoms with Crippen molar-refractivity contribution in [2.24, 2.45) is 0 Å². The molecular weight excluding hydrogens is 362 g/mol. The first kappa shape index (κ1) is 16.8. The van der Waals surface area contributed by atoms with Crippen LogP contribution in [0.3, 0.4) is 0 Å². The van der Waals surface area contributed by atoms with Crippen molar-refractivity contribution in [3.8, 4) is 0 Å². The Balaban J connectivity index is 1.52. The van der Waals surface area contributed by atoms with Gasteiger partial charge in [0.1, 0.15) is 11.6 Å². The standard InChI is InChI=1S/C20H20ClN5O/c1-11-12(2)24-20-19(23-11)16(21)8-17(25-20)13-5-6-27-18(7-13)14-9-22-26(10-14)15-3-4-15/h7-10,15,18H,3-6H2,1-2H3. The highest BCUT2D eigenvalue weighted by Crippen LogP contribution is 2.36. The molecule has 3 aromatic heterocycles. The molecule has 0 amide bonds. The molecular formula is C20H20ClN5O. The lowest BCUT2D eigenvalue weighted by Gasteiger charge is -2.21. The Kier molecular flexibility index (Phi) is 3.98. The maximum atomic E-state index is 6.49. The van der Waals surface area contributed by atoms with Gasteiger partial charge in [-0.3, -0.25) is 4.68 Å². The van der Waals surface area contributed by atoms with Crippen LogP contribution in [0, 0.1) is 13.8 Å². The highest BCUT2D eigenvalue weighted by Gasteiger charge is 2.26. The summed E-state index contributed by atoms with van der Waals surface area (Å²) in [5, 5.41) is 5.06. The average molecular weight is 382 g/mol. The number of pyridine rings is 1. The number of aryl methyl sites for hydroxylation is 2. The second-order valence-electron chi connectivity index (χ2n) is 7.27. The summed E-state index contributed by atoms with van der Waals surface area (Å²) in [4.78, 5) is 13.8. The van der Waals surface area contributed by atoms with E-state index in [1.54, 1.807) is 0 Å². The fourth-order valence-corrected chi connectivity index (χ4v) is 3.61. The molecule has 0 saturated heterocycles. The van der Waals surface area contributed by atoms with Crippen molar-refractivity contribution in [3.05, 3.63) is 52.2 Å². The third-order valence-electron chi connectivity index (χ3n) is 5.23. The fourth-order valence-electron chi connectivity index (χ4n) is 3.38. The minimum atomic E-state index is -0.108. The van der Waals surface area contributed by atoms with Gasteiger partial charge in [0.15, 0.2) is 5.65 Å². The highest BCUT2D eigenvalue weighted by atomic mass is 35.5. The van der Waals surface area contributed by atoms with Gasteiger partial charge in [0, 0.05) is 11.8 Å². The minimum Gasteiger partial charge on any atom is -0.369 e. The lowest BCUT2D eigenvalue weighted by molar-refractivity contribution is 0.0826. The van der Waals surface area contributed by atoms with Crippen LogP contribution in [0.2, 0.25) is 5.02 Å². The summed E-state index contributed by atoms with van der Waals surface area (Å²) in [5.74, 6) is 0. The molecule has 1 aliphatic carbocycles. The summed E-state index contributed by atoms with van der Waals surface area (Å²) < 4.78 is 8.01. The molecule has 4 heterocycles. The van der Waals surface area contributed by atoms with E-state index in [2.05, 4.69) is 27.3 Å². The maximum absolute atomic E-state index is 6.49. The van der Waals surface area contributed by atoms with Crippen LogP contribution in [-0.4, -0.2) is 31.3 Å². The number of nitrogens with zero attached hydrogens (tertiary/aromatic N) is 5. The number of hydrogen-bond donors (Lipinski definition) is 0. The summed E-state index contributed by atoms with van der Waals surface area (Å²) in [7, 11) is 0. The lowest BCUT2D eigenvalue weighted by Crippen LogP contribution is -2.10. The molecule has 138 valence electrons. The van der Waals surface area contributed by atoms with Gasteiger partial charge >= 0.3 is 0 Å². The van der Waals surface area contributed by atoms with Gasteiger partial charge in [-0.1, -0.05) is 11.6 Å². The van der Waals surface area contributed by atoms with Crippen molar-refractivity contribution >= 4 is 28.3 Å². The van der Waals surface area contributed by atoms with Gasteiger partial charge in [-0.25, -0.2) is 15.0 Å². The van der Waals surface area contributed by atoms with Crippen LogP contribution in [-0.2, 0) is 4.74 Å². The number of rotatable bonds is 3. The van der Waals surface area contributed by atoms with E-state index in [1.165, 1.54) is 12.8 Å². The molecule has 6 nitrogen and oxygen atoms in total. The van der Waals surface area contributed by atoms with Gasteiger partial charge in [0.05, 0.1) is 40.9 Å². The number of ether oxygens (including phenoxy) is 1. The zero-order valence-electron chi connectivity index (χ0n) is 15.3. The van der Waals surface area contributed by atoms with E-state index in [0.29, 0.717) is 28.8 Å². The highest BCUT2D eigenvalue weighted by molar-refractivity contribution is 6.34. The Morgan fingerprint density at radius 2 is 1.96 bits per heavy atom. The molecule has 1 atom stereocenters. The fraction of sp³-hybridized carbons (Fsp3) is 0.400. The van der Waals surface area contributed by atoms with Crippen molar-refractivity contribution in [1.29, 1.82) is 0 Å². The van der Waals surface area contributed by atoms with Crippen LogP contribution in [0.25, 0.3) is 16.7 Å². The van der Waals surface area contributed by atoms with E-state index in [9.17, 15) is 0 Å². The summed E-state index contributed by atoms with van der Waals surface area (Å²) in [6.07, 6.45) is 9.24. The Labute approximate surface area is 162 Å². The topological polar surface area (TPSA) is 65.7 Å². The maximum Gasteiger partial charge on any atom is 0.180 e. The first-order chi connectivity index (χ1) is 13.1. The molecule has 0 aromatic carbocycles. The molecule has 1 fully saturated rings. The first-order valence-electron chi connectivity index (χ1n) is 9.27. The number of fused-ring (bicyclic) bond motifs is 1. The zero-order chi connectivity index (χ0) is 18.5. The average Bonchev–Trinajstić information content (AvgIpc) is 3.40. The predicted octanol–water partition coefficient (Wildman–Crippen LogP) is 4.37. The summed E-state index contributed by atoms with van der Waals surface area (Å²) in [5.41, 5.74) is 6.02. The second kappa shape index (κ2) is 6.39. The quantitative estimate of drug-likeness (QED) is 0.673. The van der Waals surface area contributed by atoms with Crippen molar-refractivity contribution in [2.45, 2.75) is 45.3 Å². The Morgan fingerprint density at radius 1 is 1.15 bits per heavy atom. The summed E-state index contributed by atoms with van der Waals surface area (Å²) >= 11 is 6.49. The van der Waals surface area contributed by atoms with E-state index in [4.69, 9.17) is 21.3 Å². The molecule has 0 bridgehead atoms. The predicted molar refractivity (Wildman–Crippen MR) is 104 cm³/mol. The molecule has 0 radical (unpaired) electrons. The van der Waals surface area contributed by atoms with Gasteiger partial charge in [-0.05, 0) is 50.8 Å². The van der Waals surface area contributed by atoms with Crippen molar-refractivity contribution in [2.75, 3.05) is 6.61 Å². The van der Waals surface area contributed by atoms with Crippen LogP contribution in [0.1, 0.15) is 54.1 Å². The normalized spacial score (nSPS) is 20.1. The minimum absolute atomic E-state index is 0.108. The number of aromatic nitrogens is 5. The molecule has 1 aliphatic heterocycles. The summed E-state index contributed by atoms with van der Waals surface area (Å²) in [6.45, 7) is 4.51. The van der Waals surface area contributed by atoms with E-state index in [-0.39, 0.29) is 6.10 Å². The summed E-state index contributed by atoms with van der Waals surface area (Å²) in [6, 6.07) is 2.45. The molecule has 1 saturated carbocycles. The third kappa shape index (κ3) is 3.13. The van der Waals surface area contributed by atoms with Gasteiger partial charge in [0.25, 0.3) is 0 Å². The molecule has 7 heteroatoms. The molecule has 0 N–H and O–H groups in total. The van der Waals surface area contributed by atoms with Gasteiger partial charge in [-0.15, -0.1) is 0 Å². The van der Waals surface area contributed by atoms with Crippen LogP contribution in [0.5, 0.6) is 0 Å². The second-order valence-corrected chi connectivity index (χ2v) is 7.68. The Bertz CT molecular complexity index is 1070. The number of hydrogen-bond acceptors (Lipinski definition) is 5. The molecule has 1 unspecified atom stereocenters. The van der Waals surface area contributed by atoms with Gasteiger partial charge in [-0.2, -0.15) is 5.10 Å². The molecule has 27 heavy (non-hydrogen) atoms. The van der Waals surface area contributed by atoms with Crippen molar-refractivity contribution in [3.63, 3.8) is 0 Å². The SMILES string of the molecule is Cc1nc2nc(C3=CC(c4cnn(C5CC5)c4)OCC3)cc(Cl)c2nc1C. The largest absolute Gasteiger partial charge is 0.369 e. The lowest BCUT2D eigenvalue weighted by atomic mass is 10.0. The van der Waals surface area contributed by atoms with Gasteiger partial charge < -0.3 is 4.74 Å². The van der Waals surface area contributed by atoms with E-state index in [0.717, 1.165) is 34.6 Å². The monoisotopic (exact) mass is 381 g/mol. The van der Waals surface area contributed by atoms with Crippen molar-refractivity contribution in [1.82, 2.24) is 24.7 Å². The number of halogens is 1. The van der Waals surface area contributed by atoms with Crippen molar-refractivity contribution < 1.29 is 4.74 Å². The zero-order valence-corrected chi connectivity index (χ0v) is 16.1. The Morgan fingerprint density at radius 3 is 2.78 bits per heavy atom. The molecule has 2 aliphatic rings.